The van der Waals surface area contributed by atoms with Crippen LogP contribution in [-0.4, -0.2) is 22.3 Å². The van der Waals surface area contributed by atoms with E-state index >= 15 is 0 Å². The van der Waals surface area contributed by atoms with Gasteiger partial charge in [0.2, 0.25) is 5.88 Å². The van der Waals surface area contributed by atoms with Crippen LogP contribution in [0.4, 0.5) is 17.6 Å². The fraction of sp³-hybridized carbons (Fsp3) is 0.414. The van der Waals surface area contributed by atoms with Crippen LogP contribution in [0.2, 0.25) is 0 Å². The Kier molecular flexibility index (Phi) is 7.51. The highest BCUT2D eigenvalue weighted by Gasteiger charge is 2.35. The van der Waals surface area contributed by atoms with Crippen LogP contribution >= 0.6 is 0 Å². The molecule has 1 N–H and O–H groups in total. The van der Waals surface area contributed by atoms with Crippen molar-refractivity contribution in [2.24, 2.45) is 5.92 Å². The number of nitrogens with zero attached hydrogens (tertiary/aromatic N) is 1. The van der Waals surface area contributed by atoms with Gasteiger partial charge in [-0.2, -0.15) is 13.2 Å². The smallest absolute Gasteiger partial charge is 0.417 e. The Hall–Kier alpha value is -3.13. The molecule has 1 heterocycles. The molecular formula is C29H31F4NO3. The van der Waals surface area contributed by atoms with Crippen molar-refractivity contribution < 1.29 is 32.1 Å². The topological polar surface area (TPSA) is 51.6 Å². The molecule has 0 radical (unpaired) electrons. The molecule has 0 aliphatic heterocycles. The molecule has 0 fully saturated rings. The maximum absolute atomic E-state index is 14.8. The van der Waals surface area contributed by atoms with Crippen molar-refractivity contribution in [2.75, 3.05) is 6.61 Å². The number of benzene rings is 2. The van der Waals surface area contributed by atoms with E-state index in [1.165, 1.54) is 12.1 Å². The van der Waals surface area contributed by atoms with Gasteiger partial charge in [-0.1, -0.05) is 13.0 Å². The number of rotatable bonds is 8. The molecule has 8 heteroatoms. The van der Waals surface area contributed by atoms with E-state index in [-0.39, 0.29) is 24.3 Å². The van der Waals surface area contributed by atoms with Gasteiger partial charge in [0.25, 0.3) is 0 Å². The summed E-state index contributed by atoms with van der Waals surface area (Å²) >= 11 is 0. The first-order chi connectivity index (χ1) is 17.3. The third-order valence-electron chi connectivity index (χ3n) is 6.53. The van der Waals surface area contributed by atoms with Crippen LogP contribution in [0.1, 0.15) is 55.0 Å². The lowest BCUT2D eigenvalue weighted by molar-refractivity contribution is -0.137. The standard InChI is InChI=1S/C29H31F4NO3/c1-17-9-19-13-27(34-15-20(19)10-17)37-16-21-12-24(25(14-26(21)30)29(31,32)33)23-6-5-22(11-18(23)2)36-8-7-28(3,4)35/h5-6,11-15,17,35H,7-10,16H2,1-4H3. The molecule has 4 nitrogen and oxygen atoms in total. The molecule has 0 saturated carbocycles. The van der Waals surface area contributed by atoms with Gasteiger partial charge in [-0.3, -0.25) is 0 Å². The van der Waals surface area contributed by atoms with E-state index in [0.29, 0.717) is 41.2 Å². The predicted octanol–water partition coefficient (Wildman–Crippen LogP) is 7.07. The molecular weight excluding hydrogens is 486 g/mol. The van der Waals surface area contributed by atoms with Crippen molar-refractivity contribution in [1.82, 2.24) is 4.98 Å². The average molecular weight is 518 g/mol. The molecule has 4 rings (SSSR count). The molecule has 37 heavy (non-hydrogen) atoms. The van der Waals surface area contributed by atoms with E-state index in [2.05, 4.69) is 11.9 Å². The monoisotopic (exact) mass is 517 g/mol. The van der Waals surface area contributed by atoms with Crippen molar-refractivity contribution >= 4 is 0 Å². The van der Waals surface area contributed by atoms with Crippen molar-refractivity contribution in [3.8, 4) is 22.8 Å². The fourth-order valence-electron chi connectivity index (χ4n) is 4.56. The number of fused-ring (bicyclic) bond motifs is 1. The Bertz CT molecular complexity index is 1280. The Balaban J connectivity index is 1.60. The van der Waals surface area contributed by atoms with E-state index in [1.54, 1.807) is 39.1 Å². The molecule has 1 atom stereocenters. The van der Waals surface area contributed by atoms with Crippen LogP contribution in [0.15, 0.2) is 42.6 Å². The van der Waals surface area contributed by atoms with E-state index in [1.807, 2.05) is 6.07 Å². The normalized spacial score (nSPS) is 15.5. The van der Waals surface area contributed by atoms with E-state index in [9.17, 15) is 22.7 Å². The second kappa shape index (κ2) is 10.3. The van der Waals surface area contributed by atoms with Gasteiger partial charge in [0.05, 0.1) is 17.8 Å². The largest absolute Gasteiger partial charge is 0.493 e. The fourth-order valence-corrected chi connectivity index (χ4v) is 4.56. The molecule has 1 aliphatic carbocycles. The Morgan fingerprint density at radius 1 is 1.00 bits per heavy atom. The number of hydrogen-bond acceptors (Lipinski definition) is 4. The third-order valence-corrected chi connectivity index (χ3v) is 6.53. The lowest BCUT2D eigenvalue weighted by Crippen LogP contribution is -2.21. The molecule has 2 aromatic carbocycles. The zero-order chi connectivity index (χ0) is 27.0. The van der Waals surface area contributed by atoms with Crippen LogP contribution in [0.5, 0.6) is 11.6 Å². The number of aryl methyl sites for hydroxylation is 1. The zero-order valence-electron chi connectivity index (χ0n) is 21.4. The first kappa shape index (κ1) is 26.9. The molecule has 0 amide bonds. The van der Waals surface area contributed by atoms with Crippen LogP contribution in [0.3, 0.4) is 0 Å². The molecule has 0 spiro atoms. The second-order valence-corrected chi connectivity index (χ2v) is 10.5. The maximum atomic E-state index is 14.8. The number of pyridine rings is 1. The van der Waals surface area contributed by atoms with Crippen LogP contribution in [0, 0.1) is 18.7 Å². The van der Waals surface area contributed by atoms with Gasteiger partial charge in [0, 0.05) is 24.2 Å². The van der Waals surface area contributed by atoms with Crippen molar-refractivity contribution in [3.63, 3.8) is 0 Å². The Labute approximate surface area is 214 Å². The molecule has 1 aliphatic rings. The Morgan fingerprint density at radius 3 is 2.41 bits per heavy atom. The first-order valence-corrected chi connectivity index (χ1v) is 12.3. The van der Waals surface area contributed by atoms with Gasteiger partial charge in [0.15, 0.2) is 0 Å². The summed E-state index contributed by atoms with van der Waals surface area (Å²) in [6, 6.07) is 8.29. The van der Waals surface area contributed by atoms with Crippen molar-refractivity contribution in [1.29, 1.82) is 0 Å². The number of hydrogen-bond donors (Lipinski definition) is 1. The summed E-state index contributed by atoms with van der Waals surface area (Å²) in [7, 11) is 0. The summed E-state index contributed by atoms with van der Waals surface area (Å²) in [6.45, 7) is 7.16. The van der Waals surface area contributed by atoms with Gasteiger partial charge in [-0.25, -0.2) is 9.37 Å². The highest BCUT2D eigenvalue weighted by Crippen LogP contribution is 2.40. The molecule has 0 bridgehead atoms. The minimum absolute atomic E-state index is 0.00331. The predicted molar refractivity (Wildman–Crippen MR) is 133 cm³/mol. The molecule has 1 aromatic heterocycles. The summed E-state index contributed by atoms with van der Waals surface area (Å²) < 4.78 is 67.8. The maximum Gasteiger partial charge on any atom is 0.417 e. The van der Waals surface area contributed by atoms with Gasteiger partial charge in [0.1, 0.15) is 18.2 Å². The second-order valence-electron chi connectivity index (χ2n) is 10.5. The van der Waals surface area contributed by atoms with Crippen LogP contribution < -0.4 is 9.47 Å². The lowest BCUT2D eigenvalue weighted by atomic mass is 9.93. The average Bonchev–Trinajstić information content (AvgIpc) is 3.16. The van der Waals surface area contributed by atoms with Gasteiger partial charge in [-0.15, -0.1) is 0 Å². The van der Waals surface area contributed by atoms with Gasteiger partial charge < -0.3 is 14.6 Å². The van der Waals surface area contributed by atoms with Crippen LogP contribution in [0.25, 0.3) is 11.1 Å². The summed E-state index contributed by atoms with van der Waals surface area (Å²) in [5.41, 5.74) is 1.06. The van der Waals surface area contributed by atoms with E-state index < -0.39 is 23.2 Å². The lowest BCUT2D eigenvalue weighted by Gasteiger charge is -2.19. The number of halogens is 4. The molecule has 198 valence electrons. The summed E-state index contributed by atoms with van der Waals surface area (Å²) in [6.07, 6.45) is -0.753. The molecule has 0 saturated heterocycles. The van der Waals surface area contributed by atoms with Crippen molar-refractivity contribution in [3.05, 3.63) is 76.2 Å². The molecule has 1 unspecified atom stereocenters. The molecule has 3 aromatic rings. The highest BCUT2D eigenvalue weighted by atomic mass is 19.4. The highest BCUT2D eigenvalue weighted by molar-refractivity contribution is 5.73. The summed E-state index contributed by atoms with van der Waals surface area (Å²) in [4.78, 5) is 4.28. The van der Waals surface area contributed by atoms with Crippen LogP contribution in [-0.2, 0) is 25.6 Å². The van der Waals surface area contributed by atoms with Gasteiger partial charge in [-0.05, 0) is 91.6 Å². The summed E-state index contributed by atoms with van der Waals surface area (Å²) in [5, 5.41) is 9.83. The number of aliphatic hydroxyl groups is 1. The minimum atomic E-state index is -4.75. The van der Waals surface area contributed by atoms with E-state index in [0.717, 1.165) is 24.0 Å². The van der Waals surface area contributed by atoms with E-state index in [4.69, 9.17) is 9.47 Å². The quantitative estimate of drug-likeness (QED) is 0.325. The zero-order valence-corrected chi connectivity index (χ0v) is 21.4. The third kappa shape index (κ3) is 6.60. The minimum Gasteiger partial charge on any atom is -0.493 e. The van der Waals surface area contributed by atoms with Gasteiger partial charge >= 0.3 is 6.18 Å². The summed E-state index contributed by atoms with van der Waals surface area (Å²) in [5.74, 6) is 0.317. The SMILES string of the molecule is Cc1cc(OCCC(C)(C)O)ccc1-c1cc(COc2cc3c(cn2)CC(C)C3)c(F)cc1C(F)(F)F. The Morgan fingerprint density at radius 2 is 1.73 bits per heavy atom. The number of aromatic nitrogens is 1. The number of alkyl halides is 3. The van der Waals surface area contributed by atoms with Crippen molar-refractivity contribution in [2.45, 2.75) is 65.3 Å². The first-order valence-electron chi connectivity index (χ1n) is 12.3. The number of ether oxygens (including phenoxy) is 2.